The summed E-state index contributed by atoms with van der Waals surface area (Å²) >= 11 is 0. The topological polar surface area (TPSA) is 79.2 Å². The Morgan fingerprint density at radius 3 is 2.41 bits per heavy atom. The van der Waals surface area contributed by atoms with Crippen molar-refractivity contribution in [2.24, 2.45) is 11.3 Å². The minimum atomic E-state index is -1.14. The van der Waals surface area contributed by atoms with Gasteiger partial charge in [0.05, 0.1) is 25.4 Å². The van der Waals surface area contributed by atoms with Crippen LogP contribution in [0.1, 0.15) is 27.7 Å². The predicted octanol–water partition coefficient (Wildman–Crippen LogP) is 0.124. The molecule has 17 heavy (non-hydrogen) atoms. The smallest absolute Gasteiger partial charge is 0.183 e. The second kappa shape index (κ2) is 5.63. The fraction of sp³-hybridized carbons (Fsp3) is 1.00. The Labute approximate surface area is 102 Å². The van der Waals surface area contributed by atoms with E-state index >= 15 is 0 Å². The molecular weight excluding hydrogens is 224 g/mol. The van der Waals surface area contributed by atoms with E-state index in [-0.39, 0.29) is 17.9 Å². The average molecular weight is 248 g/mol. The van der Waals surface area contributed by atoms with Crippen LogP contribution in [0.2, 0.25) is 0 Å². The zero-order valence-corrected chi connectivity index (χ0v) is 11.0. The molecule has 5 nitrogen and oxygen atoms in total. The maximum atomic E-state index is 10.2. The fourth-order valence-corrected chi connectivity index (χ4v) is 1.99. The van der Waals surface area contributed by atoms with Gasteiger partial charge in [0.1, 0.15) is 6.10 Å². The highest BCUT2D eigenvalue weighted by atomic mass is 16.6. The Morgan fingerprint density at radius 1 is 1.35 bits per heavy atom. The molecule has 5 atom stereocenters. The van der Waals surface area contributed by atoms with Gasteiger partial charge in [0, 0.05) is 5.92 Å². The Morgan fingerprint density at radius 2 is 1.94 bits per heavy atom. The minimum Gasteiger partial charge on any atom is -0.391 e. The van der Waals surface area contributed by atoms with Crippen molar-refractivity contribution in [3.8, 4) is 0 Å². The lowest BCUT2D eigenvalue weighted by molar-refractivity contribution is -0.267. The van der Waals surface area contributed by atoms with Gasteiger partial charge in [-0.2, -0.15) is 0 Å². The molecule has 3 unspecified atom stereocenters. The van der Waals surface area contributed by atoms with E-state index < -0.39 is 24.6 Å². The van der Waals surface area contributed by atoms with Crippen LogP contribution in [0.4, 0.5) is 0 Å². The second-order valence-corrected chi connectivity index (χ2v) is 5.83. The first-order valence-corrected chi connectivity index (χ1v) is 6.01. The zero-order chi connectivity index (χ0) is 13.2. The molecule has 1 aliphatic heterocycles. The maximum absolute atomic E-state index is 10.2. The average Bonchev–Trinajstić information content (AvgIpc) is 2.14. The Balaban J connectivity index is 2.66. The van der Waals surface area contributed by atoms with Crippen molar-refractivity contribution in [1.29, 1.82) is 0 Å². The van der Waals surface area contributed by atoms with Crippen LogP contribution in [0.5, 0.6) is 0 Å². The second-order valence-electron chi connectivity index (χ2n) is 5.83. The van der Waals surface area contributed by atoms with Gasteiger partial charge in [-0.25, -0.2) is 0 Å². The lowest BCUT2D eigenvalue weighted by Crippen LogP contribution is -2.55. The van der Waals surface area contributed by atoms with E-state index in [1.165, 1.54) is 0 Å². The summed E-state index contributed by atoms with van der Waals surface area (Å²) in [7, 11) is 0. The SMILES string of the molecule is C[C@@H](O)COC1C(O)OC[C@@H](C(C)(C)C)C1O. The van der Waals surface area contributed by atoms with Gasteiger partial charge in [-0.15, -0.1) is 0 Å². The molecule has 0 aromatic rings. The highest BCUT2D eigenvalue weighted by Crippen LogP contribution is 2.35. The van der Waals surface area contributed by atoms with E-state index in [4.69, 9.17) is 14.6 Å². The number of hydrogen-bond donors (Lipinski definition) is 3. The van der Waals surface area contributed by atoms with Crippen LogP contribution >= 0.6 is 0 Å². The molecule has 0 saturated carbocycles. The number of rotatable bonds is 3. The van der Waals surface area contributed by atoms with Crippen molar-refractivity contribution < 1.29 is 24.8 Å². The fourth-order valence-electron chi connectivity index (χ4n) is 1.99. The van der Waals surface area contributed by atoms with Gasteiger partial charge in [-0.1, -0.05) is 20.8 Å². The van der Waals surface area contributed by atoms with Gasteiger partial charge < -0.3 is 24.8 Å². The first-order chi connectivity index (χ1) is 7.73. The Bertz CT molecular complexity index is 236. The van der Waals surface area contributed by atoms with Crippen LogP contribution in [-0.4, -0.2) is 53.1 Å². The van der Waals surface area contributed by atoms with Crippen LogP contribution in [0, 0.1) is 11.3 Å². The van der Waals surface area contributed by atoms with Gasteiger partial charge in [-0.05, 0) is 12.3 Å². The molecule has 102 valence electrons. The van der Waals surface area contributed by atoms with E-state index in [0.29, 0.717) is 6.61 Å². The summed E-state index contributed by atoms with van der Waals surface area (Å²) in [5.41, 5.74) is -0.133. The summed E-state index contributed by atoms with van der Waals surface area (Å²) in [5, 5.41) is 29.0. The molecule has 0 radical (unpaired) electrons. The quantitative estimate of drug-likeness (QED) is 0.661. The number of ether oxygens (including phenoxy) is 2. The van der Waals surface area contributed by atoms with Gasteiger partial charge in [0.25, 0.3) is 0 Å². The minimum absolute atomic E-state index is 0.0685. The Hall–Kier alpha value is -0.200. The van der Waals surface area contributed by atoms with Crippen molar-refractivity contribution in [3.63, 3.8) is 0 Å². The number of aliphatic hydroxyl groups excluding tert-OH is 3. The molecule has 3 N–H and O–H groups in total. The standard InChI is InChI=1S/C12H24O5/c1-7(13)5-16-10-9(14)8(12(2,3)4)6-17-11(10)15/h7-11,13-15H,5-6H2,1-4H3/t7-,8-,9?,10?,11?/m1/s1. The first-order valence-electron chi connectivity index (χ1n) is 6.01. The molecule has 0 spiro atoms. The largest absolute Gasteiger partial charge is 0.391 e. The van der Waals surface area contributed by atoms with Crippen LogP contribution in [0.3, 0.4) is 0 Å². The van der Waals surface area contributed by atoms with Crippen LogP contribution in [0.15, 0.2) is 0 Å². The lowest BCUT2D eigenvalue weighted by atomic mass is 9.75. The summed E-state index contributed by atoms with van der Waals surface area (Å²) in [4.78, 5) is 0. The molecule has 1 saturated heterocycles. The molecule has 1 fully saturated rings. The third-order valence-electron chi connectivity index (χ3n) is 3.12. The predicted molar refractivity (Wildman–Crippen MR) is 62.3 cm³/mol. The zero-order valence-electron chi connectivity index (χ0n) is 11.0. The molecule has 0 amide bonds. The van der Waals surface area contributed by atoms with E-state index in [2.05, 4.69) is 0 Å². The summed E-state index contributed by atoms with van der Waals surface area (Å²) in [5.74, 6) is -0.107. The normalized spacial score (nSPS) is 36.9. The van der Waals surface area contributed by atoms with E-state index in [9.17, 15) is 10.2 Å². The molecule has 0 aromatic carbocycles. The van der Waals surface area contributed by atoms with Gasteiger partial charge >= 0.3 is 0 Å². The molecule has 5 heteroatoms. The number of hydrogen-bond acceptors (Lipinski definition) is 5. The number of aliphatic hydroxyl groups is 3. The van der Waals surface area contributed by atoms with Crippen molar-refractivity contribution in [2.75, 3.05) is 13.2 Å². The summed E-state index contributed by atoms with van der Waals surface area (Å²) < 4.78 is 10.5. The molecule has 1 heterocycles. The highest BCUT2D eigenvalue weighted by Gasteiger charge is 2.44. The third-order valence-corrected chi connectivity index (χ3v) is 3.12. The summed E-state index contributed by atoms with van der Waals surface area (Å²) in [6.07, 6.45) is -3.37. The summed E-state index contributed by atoms with van der Waals surface area (Å²) in [6, 6.07) is 0. The van der Waals surface area contributed by atoms with Crippen LogP contribution in [0.25, 0.3) is 0 Å². The van der Waals surface area contributed by atoms with Crippen LogP contribution in [-0.2, 0) is 9.47 Å². The lowest BCUT2D eigenvalue weighted by Gasteiger charge is -2.43. The third kappa shape index (κ3) is 3.89. The van der Waals surface area contributed by atoms with Gasteiger partial charge in [0.2, 0.25) is 0 Å². The highest BCUT2D eigenvalue weighted by molar-refractivity contribution is 4.89. The molecule has 1 rings (SSSR count). The first kappa shape index (κ1) is 14.9. The molecule has 0 aliphatic carbocycles. The summed E-state index contributed by atoms with van der Waals surface area (Å²) in [6.45, 7) is 7.98. The molecule has 0 bridgehead atoms. The van der Waals surface area contributed by atoms with E-state index in [1.54, 1.807) is 6.92 Å². The Kier molecular flexibility index (Phi) is 4.92. The van der Waals surface area contributed by atoms with Crippen LogP contribution < -0.4 is 0 Å². The van der Waals surface area contributed by atoms with Crippen molar-refractivity contribution in [3.05, 3.63) is 0 Å². The molecule has 1 aliphatic rings. The van der Waals surface area contributed by atoms with Gasteiger partial charge in [0.15, 0.2) is 6.29 Å². The van der Waals surface area contributed by atoms with E-state index in [0.717, 1.165) is 0 Å². The molecule has 0 aromatic heterocycles. The molecular formula is C12H24O5. The maximum Gasteiger partial charge on any atom is 0.183 e. The van der Waals surface area contributed by atoms with Crippen molar-refractivity contribution >= 4 is 0 Å². The van der Waals surface area contributed by atoms with Crippen molar-refractivity contribution in [2.45, 2.75) is 52.3 Å². The van der Waals surface area contributed by atoms with Gasteiger partial charge in [-0.3, -0.25) is 0 Å². The monoisotopic (exact) mass is 248 g/mol. The van der Waals surface area contributed by atoms with Crippen molar-refractivity contribution in [1.82, 2.24) is 0 Å². The van der Waals surface area contributed by atoms with E-state index in [1.807, 2.05) is 20.8 Å².